The van der Waals surface area contributed by atoms with E-state index >= 15 is 0 Å². The lowest BCUT2D eigenvalue weighted by Gasteiger charge is -2.02. The molecule has 23 heavy (non-hydrogen) atoms. The minimum atomic E-state index is -0.451. The molecule has 0 fully saturated rings. The van der Waals surface area contributed by atoms with Crippen molar-refractivity contribution in [3.05, 3.63) is 70.8 Å². The van der Waals surface area contributed by atoms with Gasteiger partial charge in [0.15, 0.2) is 0 Å². The molecular weight excluding hydrogens is 321 g/mol. The Bertz CT molecular complexity index is 833. The molecule has 0 bridgehead atoms. The van der Waals surface area contributed by atoms with Crippen molar-refractivity contribution in [2.24, 2.45) is 0 Å². The van der Waals surface area contributed by atoms with Crippen LogP contribution in [-0.4, -0.2) is 16.1 Å². The molecule has 116 valence electrons. The standard InChI is InChI=1S/C16H11ClFN3O2/c17-11-7-5-10(6-8-11)15(22)19-9-14-20-21-16(23-14)12-3-1-2-4-13(12)18/h1-8H,9H2,(H,19,22). The lowest BCUT2D eigenvalue weighted by atomic mass is 10.2. The average molecular weight is 332 g/mol. The van der Waals surface area contributed by atoms with Crippen LogP contribution in [0.15, 0.2) is 52.9 Å². The molecule has 1 aromatic heterocycles. The minimum Gasteiger partial charge on any atom is -0.419 e. The van der Waals surface area contributed by atoms with Gasteiger partial charge in [0.05, 0.1) is 12.1 Å². The first-order chi connectivity index (χ1) is 11.1. The van der Waals surface area contributed by atoms with Gasteiger partial charge in [-0.25, -0.2) is 4.39 Å². The molecule has 0 aliphatic rings. The van der Waals surface area contributed by atoms with Crippen LogP contribution in [0.1, 0.15) is 16.2 Å². The lowest BCUT2D eigenvalue weighted by Crippen LogP contribution is -2.22. The van der Waals surface area contributed by atoms with Crippen LogP contribution in [0.25, 0.3) is 11.5 Å². The Hall–Kier alpha value is -2.73. The second kappa shape index (κ2) is 6.58. The van der Waals surface area contributed by atoms with E-state index in [0.29, 0.717) is 10.6 Å². The van der Waals surface area contributed by atoms with Crippen LogP contribution in [-0.2, 0) is 6.54 Å². The van der Waals surface area contributed by atoms with E-state index in [1.54, 1.807) is 42.5 Å². The van der Waals surface area contributed by atoms with E-state index in [1.807, 2.05) is 0 Å². The molecule has 1 heterocycles. The number of aromatic nitrogens is 2. The number of benzene rings is 2. The van der Waals surface area contributed by atoms with Crippen LogP contribution in [0.4, 0.5) is 4.39 Å². The molecule has 3 aromatic rings. The summed E-state index contributed by atoms with van der Waals surface area (Å²) in [5.74, 6) is -0.496. The maximum Gasteiger partial charge on any atom is 0.251 e. The Morgan fingerprint density at radius 2 is 1.87 bits per heavy atom. The van der Waals surface area contributed by atoms with Gasteiger partial charge in [-0.1, -0.05) is 23.7 Å². The van der Waals surface area contributed by atoms with Gasteiger partial charge in [-0.2, -0.15) is 0 Å². The van der Waals surface area contributed by atoms with E-state index in [-0.39, 0.29) is 29.8 Å². The van der Waals surface area contributed by atoms with E-state index in [1.165, 1.54) is 6.07 Å². The Morgan fingerprint density at radius 1 is 1.13 bits per heavy atom. The second-order valence-electron chi connectivity index (χ2n) is 4.67. The normalized spacial score (nSPS) is 10.5. The maximum absolute atomic E-state index is 13.6. The number of halogens is 2. The number of carbonyl (C=O) groups excluding carboxylic acids is 1. The molecule has 0 saturated carbocycles. The Kier molecular flexibility index (Phi) is 4.34. The summed E-state index contributed by atoms with van der Waals surface area (Å²) in [4.78, 5) is 12.0. The zero-order chi connectivity index (χ0) is 16.2. The van der Waals surface area contributed by atoms with Crippen molar-refractivity contribution in [2.45, 2.75) is 6.54 Å². The number of rotatable bonds is 4. The molecule has 7 heteroatoms. The number of hydrogen-bond acceptors (Lipinski definition) is 4. The summed E-state index contributed by atoms with van der Waals surface area (Å²) in [6.45, 7) is 0.0446. The van der Waals surface area contributed by atoms with Crippen molar-refractivity contribution < 1.29 is 13.6 Å². The fourth-order valence-electron chi connectivity index (χ4n) is 1.93. The van der Waals surface area contributed by atoms with Crippen LogP contribution >= 0.6 is 11.6 Å². The van der Waals surface area contributed by atoms with Crippen molar-refractivity contribution in [1.29, 1.82) is 0 Å². The lowest BCUT2D eigenvalue weighted by molar-refractivity contribution is 0.0947. The monoisotopic (exact) mass is 331 g/mol. The van der Waals surface area contributed by atoms with Crippen molar-refractivity contribution in [1.82, 2.24) is 15.5 Å². The van der Waals surface area contributed by atoms with Gasteiger partial charge in [-0.3, -0.25) is 4.79 Å². The highest BCUT2D eigenvalue weighted by Crippen LogP contribution is 2.20. The van der Waals surface area contributed by atoms with Crippen molar-refractivity contribution in [3.63, 3.8) is 0 Å². The van der Waals surface area contributed by atoms with Crippen molar-refractivity contribution in [2.75, 3.05) is 0 Å². The SMILES string of the molecule is O=C(NCc1nnc(-c2ccccc2F)o1)c1ccc(Cl)cc1. The van der Waals surface area contributed by atoms with Crippen LogP contribution in [0.3, 0.4) is 0 Å². The zero-order valence-electron chi connectivity index (χ0n) is 11.8. The van der Waals surface area contributed by atoms with E-state index in [2.05, 4.69) is 15.5 Å². The molecule has 1 N–H and O–H groups in total. The average Bonchev–Trinajstić information content (AvgIpc) is 3.02. The predicted octanol–water partition coefficient (Wildman–Crippen LogP) is 3.46. The fourth-order valence-corrected chi connectivity index (χ4v) is 2.05. The van der Waals surface area contributed by atoms with Crippen LogP contribution in [0, 0.1) is 5.82 Å². The van der Waals surface area contributed by atoms with Gasteiger partial charge in [-0.15, -0.1) is 10.2 Å². The topological polar surface area (TPSA) is 68.0 Å². The van der Waals surface area contributed by atoms with Gasteiger partial charge in [0, 0.05) is 10.6 Å². The third-order valence-electron chi connectivity index (χ3n) is 3.08. The number of carbonyl (C=O) groups is 1. The van der Waals surface area contributed by atoms with Crippen molar-refractivity contribution >= 4 is 17.5 Å². The molecule has 0 atom stereocenters. The van der Waals surface area contributed by atoms with Gasteiger partial charge in [0.2, 0.25) is 5.89 Å². The number of nitrogens with zero attached hydrogens (tertiary/aromatic N) is 2. The summed E-state index contributed by atoms with van der Waals surface area (Å²) < 4.78 is 19.0. The summed E-state index contributed by atoms with van der Waals surface area (Å²) in [6, 6.07) is 12.6. The summed E-state index contributed by atoms with van der Waals surface area (Å²) in [5.41, 5.74) is 0.679. The first kappa shape index (κ1) is 15.2. The molecule has 1 amide bonds. The van der Waals surface area contributed by atoms with E-state index < -0.39 is 5.82 Å². The zero-order valence-corrected chi connectivity index (χ0v) is 12.5. The first-order valence-electron chi connectivity index (χ1n) is 6.74. The summed E-state index contributed by atoms with van der Waals surface area (Å²) in [5, 5.41) is 10.8. The van der Waals surface area contributed by atoms with Crippen molar-refractivity contribution in [3.8, 4) is 11.5 Å². The highest BCUT2D eigenvalue weighted by Gasteiger charge is 2.13. The molecule has 2 aromatic carbocycles. The van der Waals surface area contributed by atoms with Gasteiger partial charge in [-0.05, 0) is 36.4 Å². The van der Waals surface area contributed by atoms with Crippen LogP contribution < -0.4 is 5.32 Å². The maximum atomic E-state index is 13.6. The summed E-state index contributed by atoms with van der Waals surface area (Å²) in [6.07, 6.45) is 0. The molecule has 0 aliphatic heterocycles. The quantitative estimate of drug-likeness (QED) is 0.795. The molecule has 0 aliphatic carbocycles. The fraction of sp³-hybridized carbons (Fsp3) is 0.0625. The number of hydrogen-bond donors (Lipinski definition) is 1. The smallest absolute Gasteiger partial charge is 0.251 e. The second-order valence-corrected chi connectivity index (χ2v) is 5.11. The summed E-state index contributed by atoms with van der Waals surface area (Å²) >= 11 is 5.77. The van der Waals surface area contributed by atoms with Gasteiger partial charge in [0.1, 0.15) is 5.82 Å². The predicted molar refractivity (Wildman–Crippen MR) is 82.3 cm³/mol. The molecule has 0 radical (unpaired) electrons. The minimum absolute atomic E-state index is 0.0446. The summed E-state index contributed by atoms with van der Waals surface area (Å²) in [7, 11) is 0. The third-order valence-corrected chi connectivity index (χ3v) is 3.33. The highest BCUT2D eigenvalue weighted by molar-refractivity contribution is 6.30. The molecule has 0 saturated heterocycles. The molecule has 0 unspecified atom stereocenters. The highest BCUT2D eigenvalue weighted by atomic mass is 35.5. The molecule has 0 spiro atoms. The number of amides is 1. The first-order valence-corrected chi connectivity index (χ1v) is 7.12. The van der Waals surface area contributed by atoms with Gasteiger partial charge in [0.25, 0.3) is 11.8 Å². The largest absolute Gasteiger partial charge is 0.419 e. The Morgan fingerprint density at radius 3 is 2.61 bits per heavy atom. The number of nitrogens with one attached hydrogen (secondary N) is 1. The molecule has 5 nitrogen and oxygen atoms in total. The van der Waals surface area contributed by atoms with E-state index in [4.69, 9.17) is 16.0 Å². The van der Waals surface area contributed by atoms with E-state index in [9.17, 15) is 9.18 Å². The van der Waals surface area contributed by atoms with Crippen LogP contribution in [0.5, 0.6) is 0 Å². The Balaban J connectivity index is 1.67. The molecule has 3 rings (SSSR count). The Labute approximate surface area is 136 Å². The van der Waals surface area contributed by atoms with Crippen LogP contribution in [0.2, 0.25) is 5.02 Å². The van der Waals surface area contributed by atoms with Gasteiger partial charge >= 0.3 is 0 Å². The van der Waals surface area contributed by atoms with E-state index in [0.717, 1.165) is 0 Å². The van der Waals surface area contributed by atoms with Gasteiger partial charge < -0.3 is 9.73 Å². The third kappa shape index (κ3) is 3.54. The molecular formula is C16H11ClFN3O2.